The van der Waals surface area contributed by atoms with Crippen molar-refractivity contribution < 1.29 is 30.8 Å². The molecule has 37 heavy (non-hydrogen) atoms. The number of amides is 1. The molecule has 0 radical (unpaired) electrons. The number of carbonyl (C=O) groups is 1. The van der Waals surface area contributed by atoms with Crippen molar-refractivity contribution in [3.63, 3.8) is 0 Å². The van der Waals surface area contributed by atoms with Crippen LogP contribution in [0.15, 0.2) is 30.3 Å². The van der Waals surface area contributed by atoms with Gasteiger partial charge in [-0.15, -0.1) is 5.10 Å². The van der Waals surface area contributed by atoms with Gasteiger partial charge in [0.15, 0.2) is 11.6 Å². The third-order valence-corrected chi connectivity index (χ3v) is 7.57. The van der Waals surface area contributed by atoms with Gasteiger partial charge in [0.05, 0.1) is 17.7 Å². The standard InChI is InChI=1S/C22H23F4N7O3S/c1-13(2)20-29-30-31-33(20)19-5-3-4-18(27-19)28-21(34)16-10-15-12-32(8-6-14(15)11-17(16)23)37(35,36)9-7-22(24,25)26/h3-5,10-11,13H,6-9,12H2,1-2H3,(H,27,28,34). The highest BCUT2D eigenvalue weighted by molar-refractivity contribution is 7.89. The Morgan fingerprint density at radius 2 is 1.95 bits per heavy atom. The van der Waals surface area contributed by atoms with Gasteiger partial charge in [0.2, 0.25) is 10.0 Å². The molecule has 1 aliphatic heterocycles. The van der Waals surface area contributed by atoms with Crippen molar-refractivity contribution in [2.75, 3.05) is 17.6 Å². The summed E-state index contributed by atoms with van der Waals surface area (Å²) in [4.78, 5) is 17.2. The van der Waals surface area contributed by atoms with Crippen LogP contribution in [0.5, 0.6) is 0 Å². The van der Waals surface area contributed by atoms with Crippen molar-refractivity contribution in [2.45, 2.75) is 45.3 Å². The highest BCUT2D eigenvalue weighted by Gasteiger charge is 2.34. The number of nitrogens with one attached hydrogen (secondary N) is 1. The number of rotatable bonds is 7. The number of hydrogen-bond donors (Lipinski definition) is 1. The van der Waals surface area contributed by atoms with Crippen LogP contribution in [-0.2, 0) is 23.0 Å². The summed E-state index contributed by atoms with van der Waals surface area (Å²) in [6.07, 6.45) is -5.97. The van der Waals surface area contributed by atoms with Crippen molar-refractivity contribution in [3.05, 3.63) is 58.7 Å². The summed E-state index contributed by atoms with van der Waals surface area (Å²) in [5.41, 5.74) is 0.465. The first-order valence-electron chi connectivity index (χ1n) is 11.3. The summed E-state index contributed by atoms with van der Waals surface area (Å²) in [7, 11) is -4.20. The summed E-state index contributed by atoms with van der Waals surface area (Å²) < 4.78 is 79.5. The molecule has 4 rings (SSSR count). The average molecular weight is 542 g/mol. The largest absolute Gasteiger partial charge is 0.390 e. The monoisotopic (exact) mass is 541 g/mol. The number of benzene rings is 1. The molecule has 3 aromatic rings. The van der Waals surface area contributed by atoms with Crippen LogP contribution < -0.4 is 5.32 Å². The number of pyridine rings is 1. The molecule has 2 aromatic heterocycles. The van der Waals surface area contributed by atoms with Crippen LogP contribution in [-0.4, -0.2) is 62.3 Å². The number of tetrazole rings is 1. The van der Waals surface area contributed by atoms with Crippen LogP contribution in [0, 0.1) is 5.82 Å². The van der Waals surface area contributed by atoms with Crippen molar-refractivity contribution in [3.8, 4) is 5.82 Å². The predicted octanol–water partition coefficient (Wildman–Crippen LogP) is 3.21. The van der Waals surface area contributed by atoms with E-state index in [0.717, 1.165) is 10.4 Å². The Morgan fingerprint density at radius 3 is 2.65 bits per heavy atom. The fourth-order valence-corrected chi connectivity index (χ4v) is 5.30. The molecule has 1 N–H and O–H groups in total. The highest BCUT2D eigenvalue weighted by atomic mass is 32.2. The van der Waals surface area contributed by atoms with Crippen LogP contribution >= 0.6 is 0 Å². The van der Waals surface area contributed by atoms with Crippen molar-refractivity contribution in [1.82, 2.24) is 29.5 Å². The summed E-state index contributed by atoms with van der Waals surface area (Å²) >= 11 is 0. The second-order valence-corrected chi connectivity index (χ2v) is 10.9. The van der Waals surface area contributed by atoms with E-state index < -0.39 is 40.1 Å². The molecule has 1 amide bonds. The normalized spacial score (nSPS) is 14.6. The lowest BCUT2D eigenvalue weighted by Gasteiger charge is -2.28. The molecule has 0 saturated carbocycles. The molecule has 15 heteroatoms. The van der Waals surface area contributed by atoms with E-state index in [1.807, 2.05) is 13.8 Å². The predicted molar refractivity (Wildman–Crippen MR) is 124 cm³/mol. The zero-order valence-electron chi connectivity index (χ0n) is 19.8. The van der Waals surface area contributed by atoms with E-state index in [9.17, 15) is 30.8 Å². The maximum Gasteiger partial charge on any atom is 0.390 e. The molecule has 3 heterocycles. The number of halogens is 4. The molecular formula is C22H23F4N7O3S. The lowest BCUT2D eigenvalue weighted by Crippen LogP contribution is -2.38. The first-order chi connectivity index (χ1) is 17.3. The number of fused-ring (bicyclic) bond motifs is 1. The quantitative estimate of drug-likeness (QED) is 0.456. The van der Waals surface area contributed by atoms with Gasteiger partial charge in [-0.1, -0.05) is 19.9 Å². The van der Waals surface area contributed by atoms with Gasteiger partial charge in [-0.2, -0.15) is 22.2 Å². The molecule has 0 spiro atoms. The maximum atomic E-state index is 14.8. The number of aromatic nitrogens is 5. The van der Waals surface area contributed by atoms with Gasteiger partial charge in [-0.3, -0.25) is 4.79 Å². The number of anilines is 1. The molecule has 0 saturated heterocycles. The fraction of sp³-hybridized carbons (Fsp3) is 0.409. The lowest BCUT2D eigenvalue weighted by molar-refractivity contribution is -0.130. The smallest absolute Gasteiger partial charge is 0.306 e. The zero-order valence-corrected chi connectivity index (χ0v) is 20.6. The summed E-state index contributed by atoms with van der Waals surface area (Å²) in [5, 5.41) is 14.0. The third-order valence-electron chi connectivity index (χ3n) is 5.75. The van der Waals surface area contributed by atoms with E-state index >= 15 is 0 Å². The van der Waals surface area contributed by atoms with Crippen LogP contribution in [0.3, 0.4) is 0 Å². The van der Waals surface area contributed by atoms with Crippen LogP contribution in [0.2, 0.25) is 0 Å². The van der Waals surface area contributed by atoms with Gasteiger partial charge < -0.3 is 5.32 Å². The molecular weight excluding hydrogens is 518 g/mol. The van der Waals surface area contributed by atoms with Crippen molar-refractivity contribution in [1.29, 1.82) is 0 Å². The first-order valence-corrected chi connectivity index (χ1v) is 12.9. The van der Waals surface area contributed by atoms with Gasteiger partial charge in [-0.25, -0.2) is 17.8 Å². The topological polar surface area (TPSA) is 123 Å². The van der Waals surface area contributed by atoms with Crippen LogP contribution in [0.25, 0.3) is 5.82 Å². The minimum Gasteiger partial charge on any atom is -0.306 e. The number of nitrogens with zero attached hydrogens (tertiary/aromatic N) is 6. The van der Waals surface area contributed by atoms with Crippen molar-refractivity contribution >= 4 is 21.7 Å². The summed E-state index contributed by atoms with van der Waals surface area (Å²) in [6, 6.07) is 7.09. The molecule has 1 aromatic carbocycles. The van der Waals surface area contributed by atoms with Gasteiger partial charge >= 0.3 is 6.18 Å². The first kappa shape index (κ1) is 26.6. The second kappa shape index (κ2) is 10.1. The van der Waals surface area contributed by atoms with E-state index in [4.69, 9.17) is 0 Å². The Hall–Kier alpha value is -3.46. The van der Waals surface area contributed by atoms with Gasteiger partial charge in [0.25, 0.3) is 5.91 Å². The Balaban J connectivity index is 1.53. The van der Waals surface area contributed by atoms with E-state index in [0.29, 0.717) is 22.8 Å². The van der Waals surface area contributed by atoms with E-state index in [-0.39, 0.29) is 36.8 Å². The summed E-state index contributed by atoms with van der Waals surface area (Å²) in [5.74, 6) is -1.75. The molecule has 0 bridgehead atoms. The minimum atomic E-state index is -4.61. The van der Waals surface area contributed by atoms with E-state index in [1.165, 1.54) is 16.8 Å². The molecule has 10 nitrogen and oxygen atoms in total. The van der Waals surface area contributed by atoms with E-state index in [1.54, 1.807) is 12.1 Å². The third kappa shape index (κ3) is 6.10. The number of alkyl halides is 3. The van der Waals surface area contributed by atoms with E-state index in [2.05, 4.69) is 25.8 Å². The second-order valence-electron chi connectivity index (χ2n) is 8.80. The van der Waals surface area contributed by atoms with Gasteiger partial charge in [0, 0.05) is 19.0 Å². The maximum absolute atomic E-state index is 14.8. The average Bonchev–Trinajstić information content (AvgIpc) is 3.32. The Morgan fingerprint density at radius 1 is 1.19 bits per heavy atom. The van der Waals surface area contributed by atoms with Crippen LogP contribution in [0.4, 0.5) is 23.4 Å². The number of sulfonamides is 1. The highest BCUT2D eigenvalue weighted by Crippen LogP contribution is 2.27. The minimum absolute atomic E-state index is 0.00326. The Bertz CT molecular complexity index is 1420. The molecule has 0 fully saturated rings. The number of hydrogen-bond acceptors (Lipinski definition) is 7. The Labute approximate surface area is 209 Å². The molecule has 0 unspecified atom stereocenters. The molecule has 1 aliphatic rings. The lowest BCUT2D eigenvalue weighted by atomic mass is 9.97. The van der Waals surface area contributed by atoms with Gasteiger partial charge in [0.1, 0.15) is 11.6 Å². The fourth-order valence-electron chi connectivity index (χ4n) is 3.85. The SMILES string of the molecule is CC(C)c1nnnn1-c1cccc(NC(=O)c2cc3c(cc2F)CCN(S(=O)(=O)CCC(F)(F)F)C3)n1. The number of carbonyl (C=O) groups excluding carboxylic acids is 1. The van der Waals surface area contributed by atoms with Gasteiger partial charge in [-0.05, 0) is 52.2 Å². The summed E-state index contributed by atoms with van der Waals surface area (Å²) in [6.45, 7) is 3.45. The molecule has 0 atom stereocenters. The molecule has 198 valence electrons. The molecule has 0 aliphatic carbocycles. The van der Waals surface area contributed by atoms with Crippen LogP contribution in [0.1, 0.15) is 53.5 Å². The zero-order chi connectivity index (χ0) is 27.0. The Kier molecular flexibility index (Phi) is 7.28. The van der Waals surface area contributed by atoms with Crippen molar-refractivity contribution in [2.24, 2.45) is 0 Å².